The first-order valence-electron chi connectivity index (χ1n) is 10.4. The van der Waals surface area contributed by atoms with E-state index in [1.165, 1.54) is 17.7 Å². The molecule has 1 unspecified atom stereocenters. The second-order valence-corrected chi connectivity index (χ2v) is 7.92. The summed E-state index contributed by atoms with van der Waals surface area (Å²) in [5.41, 5.74) is 2.87. The molecule has 1 aliphatic heterocycles. The van der Waals surface area contributed by atoms with E-state index in [9.17, 15) is 4.39 Å². The van der Waals surface area contributed by atoms with E-state index in [0.29, 0.717) is 30.0 Å². The Hall–Kier alpha value is -3.39. The van der Waals surface area contributed by atoms with Gasteiger partial charge in [-0.15, -0.1) is 0 Å². The van der Waals surface area contributed by atoms with Crippen molar-refractivity contribution >= 4 is 0 Å². The van der Waals surface area contributed by atoms with Crippen LogP contribution in [-0.4, -0.2) is 38.3 Å². The van der Waals surface area contributed by atoms with Crippen molar-refractivity contribution in [1.82, 2.24) is 25.2 Å². The van der Waals surface area contributed by atoms with Crippen molar-refractivity contribution in [3.63, 3.8) is 0 Å². The number of nitrogens with zero attached hydrogens (tertiary/aromatic N) is 5. The molecule has 2 aromatic heterocycles. The van der Waals surface area contributed by atoms with Gasteiger partial charge in [-0.05, 0) is 50.6 Å². The first-order chi connectivity index (χ1) is 15.1. The lowest BCUT2D eigenvalue weighted by molar-refractivity contribution is 0.162. The summed E-state index contributed by atoms with van der Waals surface area (Å²) < 4.78 is 24.2. The zero-order chi connectivity index (χ0) is 21.2. The van der Waals surface area contributed by atoms with Crippen molar-refractivity contribution in [1.29, 1.82) is 0 Å². The number of hydrogen-bond donors (Lipinski definition) is 0. The van der Waals surface area contributed by atoms with Crippen molar-refractivity contribution in [2.24, 2.45) is 0 Å². The molecule has 1 saturated heterocycles. The zero-order valence-corrected chi connectivity index (χ0v) is 17.2. The Bertz CT molecular complexity index is 1150. The number of benzene rings is 2. The van der Waals surface area contributed by atoms with Gasteiger partial charge in [-0.1, -0.05) is 40.1 Å². The molecule has 158 valence electrons. The Morgan fingerprint density at radius 1 is 0.935 bits per heavy atom. The standard InChI is InChI=1S/C23H22FN5O2/c1-15-4-6-16(7-5-15)21-25-20(30-27-21)14-29-12-2-3-18(13-29)23-26-22(28-31-23)17-8-10-19(24)11-9-17/h4-11,18H,2-3,12-14H2,1H3. The summed E-state index contributed by atoms with van der Waals surface area (Å²) in [6.45, 7) is 4.34. The fourth-order valence-corrected chi connectivity index (χ4v) is 3.85. The third-order valence-electron chi connectivity index (χ3n) is 5.54. The van der Waals surface area contributed by atoms with Gasteiger partial charge in [0.2, 0.25) is 23.4 Å². The molecule has 0 aliphatic carbocycles. The fraction of sp³-hybridized carbons (Fsp3) is 0.304. The summed E-state index contributed by atoms with van der Waals surface area (Å²) in [6, 6.07) is 14.1. The van der Waals surface area contributed by atoms with Crippen LogP contribution in [0.25, 0.3) is 22.8 Å². The van der Waals surface area contributed by atoms with Crippen LogP contribution >= 0.6 is 0 Å². The summed E-state index contributed by atoms with van der Waals surface area (Å²) in [5.74, 6) is 2.12. The number of aryl methyl sites for hydroxylation is 1. The lowest BCUT2D eigenvalue weighted by atomic mass is 9.98. The molecule has 3 heterocycles. The number of aromatic nitrogens is 4. The molecule has 0 bridgehead atoms. The normalized spacial score (nSPS) is 17.2. The Labute approximate surface area is 178 Å². The van der Waals surface area contributed by atoms with Gasteiger partial charge in [-0.25, -0.2) is 4.39 Å². The number of rotatable bonds is 5. The van der Waals surface area contributed by atoms with Crippen LogP contribution in [0.5, 0.6) is 0 Å². The highest BCUT2D eigenvalue weighted by Gasteiger charge is 2.27. The molecule has 31 heavy (non-hydrogen) atoms. The molecule has 4 aromatic rings. The Kier molecular flexibility index (Phi) is 5.30. The van der Waals surface area contributed by atoms with Crippen LogP contribution in [0.2, 0.25) is 0 Å². The van der Waals surface area contributed by atoms with Gasteiger partial charge in [-0.2, -0.15) is 9.97 Å². The van der Waals surface area contributed by atoms with Gasteiger partial charge < -0.3 is 9.05 Å². The van der Waals surface area contributed by atoms with E-state index < -0.39 is 0 Å². The van der Waals surface area contributed by atoms with Crippen molar-refractivity contribution in [3.05, 3.63) is 71.7 Å². The summed E-state index contributed by atoms with van der Waals surface area (Å²) in [4.78, 5) is 11.4. The minimum Gasteiger partial charge on any atom is -0.339 e. The minimum absolute atomic E-state index is 0.134. The molecule has 2 aromatic carbocycles. The fourth-order valence-electron chi connectivity index (χ4n) is 3.85. The average Bonchev–Trinajstić information content (AvgIpc) is 3.45. The number of likely N-dealkylation sites (tertiary alicyclic amines) is 1. The van der Waals surface area contributed by atoms with Crippen molar-refractivity contribution in [2.45, 2.75) is 32.2 Å². The van der Waals surface area contributed by atoms with E-state index in [4.69, 9.17) is 9.05 Å². The van der Waals surface area contributed by atoms with Crippen molar-refractivity contribution < 1.29 is 13.4 Å². The third-order valence-corrected chi connectivity index (χ3v) is 5.54. The molecule has 0 radical (unpaired) electrons. The first kappa shape index (κ1) is 19.6. The van der Waals surface area contributed by atoms with Crippen LogP contribution in [-0.2, 0) is 6.54 Å². The van der Waals surface area contributed by atoms with Crippen molar-refractivity contribution in [3.8, 4) is 22.8 Å². The summed E-state index contributed by atoms with van der Waals surface area (Å²) >= 11 is 0. The maximum Gasteiger partial charge on any atom is 0.241 e. The van der Waals surface area contributed by atoms with Crippen LogP contribution in [0.4, 0.5) is 4.39 Å². The molecule has 0 spiro atoms. The van der Waals surface area contributed by atoms with Gasteiger partial charge in [0, 0.05) is 17.7 Å². The lowest BCUT2D eigenvalue weighted by Gasteiger charge is -2.29. The van der Waals surface area contributed by atoms with E-state index in [0.717, 1.165) is 37.1 Å². The predicted octanol–water partition coefficient (Wildman–Crippen LogP) is 4.61. The SMILES string of the molecule is Cc1ccc(-c2noc(CN3CCCC(c4nc(-c5ccc(F)cc5)no4)C3)n2)cc1. The molecule has 1 aliphatic rings. The van der Waals surface area contributed by atoms with E-state index in [2.05, 4.69) is 25.2 Å². The van der Waals surface area contributed by atoms with Gasteiger partial charge in [-0.3, -0.25) is 4.90 Å². The molecule has 8 heteroatoms. The van der Waals surface area contributed by atoms with E-state index in [1.54, 1.807) is 12.1 Å². The van der Waals surface area contributed by atoms with Crippen molar-refractivity contribution in [2.75, 3.05) is 13.1 Å². The molecule has 1 atom stereocenters. The van der Waals surface area contributed by atoms with Crippen LogP contribution in [0.15, 0.2) is 57.6 Å². The second-order valence-electron chi connectivity index (χ2n) is 7.92. The molecule has 0 amide bonds. The lowest BCUT2D eigenvalue weighted by Crippen LogP contribution is -2.34. The van der Waals surface area contributed by atoms with E-state index in [-0.39, 0.29) is 11.7 Å². The molecular formula is C23H22FN5O2. The third kappa shape index (κ3) is 4.39. The molecule has 0 N–H and O–H groups in total. The van der Waals surface area contributed by atoms with Crippen LogP contribution in [0.1, 0.15) is 36.1 Å². The van der Waals surface area contributed by atoms with Gasteiger partial charge in [0.15, 0.2) is 0 Å². The number of hydrogen-bond acceptors (Lipinski definition) is 7. The monoisotopic (exact) mass is 419 g/mol. The van der Waals surface area contributed by atoms with Crippen LogP contribution in [0.3, 0.4) is 0 Å². The predicted molar refractivity (Wildman–Crippen MR) is 111 cm³/mol. The maximum atomic E-state index is 13.1. The Morgan fingerprint density at radius 2 is 1.61 bits per heavy atom. The topological polar surface area (TPSA) is 81.1 Å². The molecular weight excluding hydrogens is 397 g/mol. The van der Waals surface area contributed by atoms with Gasteiger partial charge in [0.25, 0.3) is 0 Å². The highest BCUT2D eigenvalue weighted by Crippen LogP contribution is 2.28. The van der Waals surface area contributed by atoms with E-state index >= 15 is 0 Å². The molecule has 0 saturated carbocycles. The largest absolute Gasteiger partial charge is 0.339 e. The van der Waals surface area contributed by atoms with Crippen LogP contribution < -0.4 is 0 Å². The molecule has 1 fully saturated rings. The molecule has 5 rings (SSSR count). The highest BCUT2D eigenvalue weighted by molar-refractivity contribution is 5.55. The average molecular weight is 419 g/mol. The summed E-state index contributed by atoms with van der Waals surface area (Å²) in [7, 11) is 0. The second kappa shape index (κ2) is 8.39. The molecule has 7 nitrogen and oxygen atoms in total. The number of piperidine rings is 1. The summed E-state index contributed by atoms with van der Waals surface area (Å²) in [5, 5.41) is 8.20. The first-order valence-corrected chi connectivity index (χ1v) is 10.4. The smallest absolute Gasteiger partial charge is 0.241 e. The zero-order valence-electron chi connectivity index (χ0n) is 17.2. The highest BCUT2D eigenvalue weighted by atomic mass is 19.1. The van der Waals surface area contributed by atoms with Gasteiger partial charge >= 0.3 is 0 Å². The van der Waals surface area contributed by atoms with Gasteiger partial charge in [0.05, 0.1) is 12.5 Å². The summed E-state index contributed by atoms with van der Waals surface area (Å²) in [6.07, 6.45) is 1.98. The minimum atomic E-state index is -0.290. The number of halogens is 1. The van der Waals surface area contributed by atoms with Gasteiger partial charge in [0.1, 0.15) is 5.82 Å². The maximum absolute atomic E-state index is 13.1. The quantitative estimate of drug-likeness (QED) is 0.467. The van der Waals surface area contributed by atoms with E-state index in [1.807, 2.05) is 31.2 Å². The van der Waals surface area contributed by atoms with Crippen LogP contribution in [0, 0.1) is 12.7 Å². The Balaban J connectivity index is 1.25. The Morgan fingerprint density at radius 3 is 2.39 bits per heavy atom.